The van der Waals surface area contributed by atoms with Crippen LogP contribution >= 0.6 is 0 Å². The minimum atomic E-state index is 0.0331. The van der Waals surface area contributed by atoms with Crippen LogP contribution in [0.15, 0.2) is 34.9 Å². The Bertz CT molecular complexity index is 673. The molecule has 0 radical (unpaired) electrons. The lowest BCUT2D eigenvalue weighted by atomic mass is 10.2. The van der Waals surface area contributed by atoms with Crippen LogP contribution < -0.4 is 4.74 Å². The molecule has 1 aromatic carbocycles. The van der Waals surface area contributed by atoms with E-state index in [1.165, 1.54) is 5.56 Å². The Morgan fingerprint density at radius 1 is 1.17 bits per heavy atom. The third-order valence-electron chi connectivity index (χ3n) is 4.16. The third-order valence-corrected chi connectivity index (χ3v) is 4.16. The molecule has 0 atom stereocenters. The van der Waals surface area contributed by atoms with Crippen LogP contribution in [0.25, 0.3) is 0 Å². The van der Waals surface area contributed by atoms with E-state index in [-0.39, 0.29) is 12.5 Å². The minimum Gasteiger partial charge on any atom is -0.484 e. The molecule has 1 aromatic heterocycles. The smallest absolute Gasteiger partial charge is 0.260 e. The summed E-state index contributed by atoms with van der Waals surface area (Å²) >= 11 is 0. The van der Waals surface area contributed by atoms with Gasteiger partial charge < -0.3 is 14.2 Å². The molecule has 0 spiro atoms. The number of benzene rings is 1. The molecule has 1 aliphatic rings. The molecule has 1 aliphatic heterocycles. The molecule has 6 heteroatoms. The highest BCUT2D eigenvalue weighted by Gasteiger charge is 2.22. The summed E-state index contributed by atoms with van der Waals surface area (Å²) in [5, 5.41) is 3.90. The van der Waals surface area contributed by atoms with E-state index < -0.39 is 0 Å². The topological polar surface area (TPSA) is 58.8 Å². The Morgan fingerprint density at radius 2 is 1.88 bits per heavy atom. The van der Waals surface area contributed by atoms with E-state index in [0.29, 0.717) is 13.1 Å². The first-order chi connectivity index (χ1) is 11.6. The number of nitrogens with zero attached hydrogens (tertiary/aromatic N) is 3. The van der Waals surface area contributed by atoms with E-state index in [0.717, 1.165) is 36.8 Å². The lowest BCUT2D eigenvalue weighted by Gasteiger charge is -2.34. The first-order valence-corrected chi connectivity index (χ1v) is 8.22. The SMILES string of the molecule is Cc1ccc(OCC(=O)N2CCN(Cc3cc(C)no3)CC2)cc1. The van der Waals surface area contributed by atoms with Crippen molar-refractivity contribution < 1.29 is 14.1 Å². The number of amides is 1. The number of piperazine rings is 1. The molecular weight excluding hydrogens is 306 g/mol. The Morgan fingerprint density at radius 3 is 2.50 bits per heavy atom. The van der Waals surface area contributed by atoms with Crippen molar-refractivity contribution >= 4 is 5.91 Å². The van der Waals surface area contributed by atoms with Gasteiger partial charge >= 0.3 is 0 Å². The van der Waals surface area contributed by atoms with Crippen molar-refractivity contribution in [2.45, 2.75) is 20.4 Å². The molecule has 128 valence electrons. The summed E-state index contributed by atoms with van der Waals surface area (Å²) in [5.74, 6) is 1.63. The van der Waals surface area contributed by atoms with Crippen molar-refractivity contribution in [3.63, 3.8) is 0 Å². The zero-order valence-corrected chi connectivity index (χ0v) is 14.2. The molecule has 0 unspecified atom stereocenters. The Kier molecular flexibility index (Phi) is 5.15. The normalized spacial score (nSPS) is 15.5. The van der Waals surface area contributed by atoms with Gasteiger partial charge in [-0.25, -0.2) is 0 Å². The van der Waals surface area contributed by atoms with Gasteiger partial charge in [-0.15, -0.1) is 0 Å². The standard InChI is InChI=1S/C18H23N3O3/c1-14-3-5-16(6-4-14)23-13-18(22)21-9-7-20(8-10-21)12-17-11-15(2)19-24-17/h3-6,11H,7-10,12-13H2,1-2H3. The van der Waals surface area contributed by atoms with Gasteiger partial charge in [0.1, 0.15) is 5.75 Å². The molecule has 0 N–H and O–H groups in total. The number of aromatic nitrogens is 1. The molecule has 1 saturated heterocycles. The van der Waals surface area contributed by atoms with Gasteiger partial charge in [-0.1, -0.05) is 22.9 Å². The van der Waals surface area contributed by atoms with Gasteiger partial charge in [0.2, 0.25) is 0 Å². The van der Waals surface area contributed by atoms with Crippen LogP contribution in [0.2, 0.25) is 0 Å². The highest BCUT2D eigenvalue weighted by molar-refractivity contribution is 5.77. The van der Waals surface area contributed by atoms with Crippen LogP contribution in [0.5, 0.6) is 5.75 Å². The van der Waals surface area contributed by atoms with Crippen molar-refractivity contribution in [3.05, 3.63) is 47.3 Å². The number of carbonyl (C=O) groups is 1. The fourth-order valence-electron chi connectivity index (χ4n) is 2.74. The van der Waals surface area contributed by atoms with Gasteiger partial charge in [-0.3, -0.25) is 9.69 Å². The number of rotatable bonds is 5. The van der Waals surface area contributed by atoms with Gasteiger partial charge in [0.25, 0.3) is 5.91 Å². The molecule has 2 heterocycles. The Hall–Kier alpha value is -2.34. The summed E-state index contributed by atoms with van der Waals surface area (Å²) in [4.78, 5) is 16.4. The van der Waals surface area contributed by atoms with Gasteiger partial charge in [-0.05, 0) is 26.0 Å². The molecule has 0 saturated carbocycles. The van der Waals surface area contributed by atoms with Crippen molar-refractivity contribution in [2.24, 2.45) is 0 Å². The monoisotopic (exact) mass is 329 g/mol. The number of ether oxygens (including phenoxy) is 1. The third kappa shape index (κ3) is 4.35. The number of carbonyl (C=O) groups excluding carboxylic acids is 1. The van der Waals surface area contributed by atoms with E-state index in [9.17, 15) is 4.79 Å². The maximum atomic E-state index is 12.3. The summed E-state index contributed by atoms with van der Waals surface area (Å²) in [7, 11) is 0. The first-order valence-electron chi connectivity index (χ1n) is 8.22. The summed E-state index contributed by atoms with van der Waals surface area (Å²) in [5.41, 5.74) is 2.07. The summed E-state index contributed by atoms with van der Waals surface area (Å²) < 4.78 is 10.8. The minimum absolute atomic E-state index is 0.0331. The van der Waals surface area contributed by atoms with Crippen LogP contribution in [0.4, 0.5) is 0 Å². The maximum Gasteiger partial charge on any atom is 0.260 e. The molecule has 3 rings (SSSR count). The lowest BCUT2D eigenvalue weighted by Crippen LogP contribution is -2.49. The van der Waals surface area contributed by atoms with Crippen LogP contribution in [0.3, 0.4) is 0 Å². The van der Waals surface area contributed by atoms with Gasteiger partial charge in [-0.2, -0.15) is 0 Å². The number of hydrogen-bond acceptors (Lipinski definition) is 5. The maximum absolute atomic E-state index is 12.3. The quantitative estimate of drug-likeness (QED) is 0.840. The van der Waals surface area contributed by atoms with Crippen LogP contribution in [-0.2, 0) is 11.3 Å². The number of hydrogen-bond donors (Lipinski definition) is 0. The molecule has 24 heavy (non-hydrogen) atoms. The molecule has 2 aromatic rings. The molecule has 1 fully saturated rings. The summed E-state index contributed by atoms with van der Waals surface area (Å²) in [6, 6.07) is 9.68. The number of aryl methyl sites for hydroxylation is 2. The zero-order valence-electron chi connectivity index (χ0n) is 14.2. The fraction of sp³-hybridized carbons (Fsp3) is 0.444. The average molecular weight is 329 g/mol. The first kappa shape index (κ1) is 16.5. The highest BCUT2D eigenvalue weighted by atomic mass is 16.5. The Labute approximate surface area is 142 Å². The predicted molar refractivity (Wildman–Crippen MR) is 89.8 cm³/mol. The van der Waals surface area contributed by atoms with Crippen molar-refractivity contribution in [2.75, 3.05) is 32.8 Å². The zero-order chi connectivity index (χ0) is 16.9. The predicted octanol–water partition coefficient (Wildman–Crippen LogP) is 2.01. The van der Waals surface area contributed by atoms with E-state index in [4.69, 9.17) is 9.26 Å². The molecule has 6 nitrogen and oxygen atoms in total. The second kappa shape index (κ2) is 7.49. The van der Waals surface area contributed by atoms with Crippen molar-refractivity contribution in [3.8, 4) is 5.75 Å². The molecule has 0 aliphatic carbocycles. The van der Waals surface area contributed by atoms with E-state index in [2.05, 4.69) is 10.1 Å². The van der Waals surface area contributed by atoms with E-state index in [1.807, 2.05) is 49.1 Å². The van der Waals surface area contributed by atoms with E-state index >= 15 is 0 Å². The van der Waals surface area contributed by atoms with Gasteiger partial charge in [0.15, 0.2) is 12.4 Å². The average Bonchev–Trinajstić information content (AvgIpc) is 2.99. The van der Waals surface area contributed by atoms with Crippen LogP contribution in [-0.4, -0.2) is 53.6 Å². The lowest BCUT2D eigenvalue weighted by molar-refractivity contribution is -0.135. The van der Waals surface area contributed by atoms with E-state index in [1.54, 1.807) is 0 Å². The largest absolute Gasteiger partial charge is 0.484 e. The second-order valence-electron chi connectivity index (χ2n) is 6.19. The van der Waals surface area contributed by atoms with Crippen LogP contribution in [0, 0.1) is 13.8 Å². The second-order valence-corrected chi connectivity index (χ2v) is 6.19. The van der Waals surface area contributed by atoms with Gasteiger partial charge in [0.05, 0.1) is 12.2 Å². The molecule has 0 bridgehead atoms. The fourth-order valence-corrected chi connectivity index (χ4v) is 2.74. The Balaban J connectivity index is 1.42. The molecular formula is C18H23N3O3. The highest BCUT2D eigenvalue weighted by Crippen LogP contribution is 2.13. The van der Waals surface area contributed by atoms with Crippen LogP contribution in [0.1, 0.15) is 17.0 Å². The molecule has 1 amide bonds. The summed E-state index contributed by atoms with van der Waals surface area (Å²) in [6.45, 7) is 7.84. The van der Waals surface area contributed by atoms with Gasteiger partial charge in [0, 0.05) is 32.2 Å². The van der Waals surface area contributed by atoms with Crippen molar-refractivity contribution in [1.29, 1.82) is 0 Å². The van der Waals surface area contributed by atoms with Crippen molar-refractivity contribution in [1.82, 2.24) is 15.0 Å². The summed E-state index contributed by atoms with van der Waals surface area (Å²) in [6.07, 6.45) is 0.